The number of ether oxygens (including phenoxy) is 1. The number of aromatic nitrogens is 5. The number of halogens is 3. The molecule has 23 heavy (non-hydrogen) atoms. The summed E-state index contributed by atoms with van der Waals surface area (Å²) in [4.78, 5) is 15.8. The molecule has 0 aromatic carbocycles. The van der Waals surface area contributed by atoms with Crippen molar-refractivity contribution in [3.8, 4) is 6.01 Å². The fourth-order valence-electron chi connectivity index (χ4n) is 2.57. The minimum atomic E-state index is -4.52. The van der Waals surface area contributed by atoms with Gasteiger partial charge in [0.1, 0.15) is 6.54 Å². The average Bonchev–Trinajstić information content (AvgIpc) is 3.15. The molecule has 0 fully saturated rings. The van der Waals surface area contributed by atoms with Crippen LogP contribution in [-0.2, 0) is 30.4 Å². The number of amides is 1. The number of hydrogen-bond donors (Lipinski definition) is 2. The number of nitrogens with one attached hydrogen (secondary N) is 2. The first-order chi connectivity index (χ1) is 10.9. The van der Waals surface area contributed by atoms with E-state index in [1.54, 1.807) is 0 Å². The Morgan fingerprint density at radius 2 is 2.22 bits per heavy atom. The molecule has 2 aromatic rings. The van der Waals surface area contributed by atoms with Crippen LogP contribution in [0.15, 0.2) is 0 Å². The lowest BCUT2D eigenvalue weighted by molar-refractivity contribution is -0.142. The number of methoxy groups -OCH3 is 1. The molecule has 1 aliphatic rings. The van der Waals surface area contributed by atoms with Crippen LogP contribution in [-0.4, -0.2) is 38.0 Å². The van der Waals surface area contributed by atoms with E-state index in [9.17, 15) is 18.0 Å². The van der Waals surface area contributed by atoms with Crippen LogP contribution >= 0.6 is 0 Å². The van der Waals surface area contributed by atoms with Gasteiger partial charge in [0, 0.05) is 11.3 Å². The Hall–Kier alpha value is -2.59. The molecule has 1 amide bonds. The Bertz CT molecular complexity index is 736. The second kappa shape index (κ2) is 5.56. The molecular weight excluding hydrogens is 317 g/mol. The SMILES string of the molecule is COc1n[nH]c(NC(=O)Cn2nc(C(F)(F)F)c3c2CCC3)n1. The van der Waals surface area contributed by atoms with Crippen LogP contribution in [0.2, 0.25) is 0 Å². The maximum Gasteiger partial charge on any atom is 0.435 e. The van der Waals surface area contributed by atoms with Crippen LogP contribution in [0.4, 0.5) is 19.1 Å². The Morgan fingerprint density at radius 1 is 1.43 bits per heavy atom. The summed E-state index contributed by atoms with van der Waals surface area (Å²) < 4.78 is 44.8. The van der Waals surface area contributed by atoms with Crippen molar-refractivity contribution in [2.24, 2.45) is 0 Å². The van der Waals surface area contributed by atoms with Gasteiger partial charge in [-0.1, -0.05) is 0 Å². The van der Waals surface area contributed by atoms with Crippen molar-refractivity contribution in [1.29, 1.82) is 0 Å². The number of alkyl halides is 3. The van der Waals surface area contributed by atoms with Crippen LogP contribution < -0.4 is 10.1 Å². The van der Waals surface area contributed by atoms with Crippen molar-refractivity contribution in [2.45, 2.75) is 32.0 Å². The monoisotopic (exact) mass is 330 g/mol. The number of rotatable bonds is 4. The van der Waals surface area contributed by atoms with Gasteiger partial charge in [-0.3, -0.25) is 14.8 Å². The number of aromatic amines is 1. The largest absolute Gasteiger partial charge is 0.466 e. The Balaban J connectivity index is 1.76. The predicted octanol–water partition coefficient (Wildman–Crippen LogP) is 1.16. The highest BCUT2D eigenvalue weighted by atomic mass is 19.4. The second-order valence-corrected chi connectivity index (χ2v) is 5.00. The first kappa shape index (κ1) is 15.3. The van der Waals surface area contributed by atoms with E-state index < -0.39 is 17.8 Å². The molecule has 3 rings (SSSR count). The van der Waals surface area contributed by atoms with Crippen molar-refractivity contribution < 1.29 is 22.7 Å². The molecule has 0 unspecified atom stereocenters. The molecular formula is C12H13F3N6O2. The number of anilines is 1. The van der Waals surface area contributed by atoms with Gasteiger partial charge < -0.3 is 4.74 Å². The van der Waals surface area contributed by atoms with Gasteiger partial charge in [0.25, 0.3) is 0 Å². The van der Waals surface area contributed by atoms with Crippen LogP contribution in [0.25, 0.3) is 0 Å². The molecule has 1 aliphatic carbocycles. The normalized spacial score (nSPS) is 13.9. The summed E-state index contributed by atoms with van der Waals surface area (Å²) in [6, 6.07) is 0.0413. The van der Waals surface area contributed by atoms with E-state index in [1.807, 2.05) is 0 Å². The van der Waals surface area contributed by atoms with E-state index in [0.717, 1.165) is 4.68 Å². The van der Waals surface area contributed by atoms with Gasteiger partial charge in [-0.05, 0) is 19.3 Å². The van der Waals surface area contributed by atoms with Gasteiger partial charge >= 0.3 is 12.2 Å². The van der Waals surface area contributed by atoms with Gasteiger partial charge in [0.15, 0.2) is 5.69 Å². The summed E-state index contributed by atoms with van der Waals surface area (Å²) >= 11 is 0. The number of nitrogens with zero attached hydrogens (tertiary/aromatic N) is 4. The summed E-state index contributed by atoms with van der Waals surface area (Å²) in [7, 11) is 1.36. The topological polar surface area (TPSA) is 97.7 Å². The standard InChI is InChI=1S/C12H13F3N6O2/c1-23-11-17-10(18-19-11)16-8(22)5-21-7-4-2-3-6(7)9(20-21)12(13,14)15/h2-5H2,1H3,(H2,16,17,18,19,22). The third-order valence-corrected chi connectivity index (χ3v) is 3.47. The van der Waals surface area contributed by atoms with Gasteiger partial charge in [-0.25, -0.2) is 5.10 Å². The van der Waals surface area contributed by atoms with E-state index in [1.165, 1.54) is 7.11 Å². The average molecular weight is 330 g/mol. The Kier molecular flexibility index (Phi) is 3.70. The molecule has 0 atom stereocenters. The molecule has 2 aromatic heterocycles. The highest BCUT2D eigenvalue weighted by molar-refractivity contribution is 5.88. The summed E-state index contributed by atoms with van der Waals surface area (Å²) in [5, 5.41) is 12.0. The van der Waals surface area contributed by atoms with E-state index in [2.05, 4.69) is 25.6 Å². The summed E-state index contributed by atoms with van der Waals surface area (Å²) in [5.74, 6) is -0.513. The molecule has 2 N–H and O–H groups in total. The second-order valence-electron chi connectivity index (χ2n) is 5.00. The molecule has 0 bridgehead atoms. The third kappa shape index (κ3) is 2.98. The smallest absolute Gasteiger partial charge is 0.435 e. The van der Waals surface area contributed by atoms with Crippen molar-refractivity contribution in [3.63, 3.8) is 0 Å². The molecule has 2 heterocycles. The molecule has 0 saturated heterocycles. The zero-order chi connectivity index (χ0) is 16.6. The Morgan fingerprint density at radius 3 is 2.87 bits per heavy atom. The highest BCUT2D eigenvalue weighted by Crippen LogP contribution is 2.36. The van der Waals surface area contributed by atoms with Crippen LogP contribution in [0.3, 0.4) is 0 Å². The van der Waals surface area contributed by atoms with Crippen molar-refractivity contribution >= 4 is 11.9 Å². The first-order valence-corrected chi connectivity index (χ1v) is 6.80. The number of carbonyl (C=O) groups excluding carboxylic acids is 1. The van der Waals surface area contributed by atoms with E-state index in [0.29, 0.717) is 25.0 Å². The lowest BCUT2D eigenvalue weighted by Crippen LogP contribution is -2.22. The fourth-order valence-corrected chi connectivity index (χ4v) is 2.57. The van der Waals surface area contributed by atoms with E-state index in [4.69, 9.17) is 4.74 Å². The number of fused-ring (bicyclic) bond motifs is 1. The maximum atomic E-state index is 13.0. The molecule has 0 saturated carbocycles. The zero-order valence-electron chi connectivity index (χ0n) is 12.1. The molecule has 11 heteroatoms. The van der Waals surface area contributed by atoms with Gasteiger partial charge in [0.05, 0.1) is 7.11 Å². The van der Waals surface area contributed by atoms with E-state index in [-0.39, 0.29) is 24.1 Å². The van der Waals surface area contributed by atoms with Crippen molar-refractivity contribution in [1.82, 2.24) is 25.0 Å². The van der Waals surface area contributed by atoms with E-state index >= 15 is 0 Å². The maximum absolute atomic E-state index is 13.0. The lowest BCUT2D eigenvalue weighted by Gasteiger charge is -2.05. The number of hydrogen-bond acceptors (Lipinski definition) is 5. The molecule has 8 nitrogen and oxygen atoms in total. The third-order valence-electron chi connectivity index (χ3n) is 3.47. The number of H-pyrrole nitrogens is 1. The molecule has 0 spiro atoms. The number of carbonyl (C=O) groups is 1. The molecule has 0 radical (unpaired) electrons. The van der Waals surface area contributed by atoms with Gasteiger partial charge in [0.2, 0.25) is 11.9 Å². The quantitative estimate of drug-likeness (QED) is 0.876. The molecule has 0 aliphatic heterocycles. The summed E-state index contributed by atoms with van der Waals surface area (Å²) in [6.07, 6.45) is -3.10. The van der Waals surface area contributed by atoms with Gasteiger partial charge in [-0.15, -0.1) is 5.10 Å². The van der Waals surface area contributed by atoms with Crippen LogP contribution in [0.5, 0.6) is 6.01 Å². The minimum absolute atomic E-state index is 0.0413. The van der Waals surface area contributed by atoms with Crippen LogP contribution in [0.1, 0.15) is 23.4 Å². The van der Waals surface area contributed by atoms with Crippen molar-refractivity contribution in [2.75, 3.05) is 12.4 Å². The van der Waals surface area contributed by atoms with Crippen molar-refractivity contribution in [3.05, 3.63) is 17.0 Å². The fraction of sp³-hybridized carbons (Fsp3) is 0.500. The lowest BCUT2D eigenvalue weighted by atomic mass is 10.2. The van der Waals surface area contributed by atoms with Crippen LogP contribution in [0, 0.1) is 0 Å². The summed E-state index contributed by atoms with van der Waals surface area (Å²) in [6.45, 7) is -0.332. The Labute approximate surface area is 128 Å². The first-order valence-electron chi connectivity index (χ1n) is 6.80. The minimum Gasteiger partial charge on any atom is -0.466 e. The van der Waals surface area contributed by atoms with Gasteiger partial charge in [-0.2, -0.15) is 23.3 Å². The highest BCUT2D eigenvalue weighted by Gasteiger charge is 2.40. The zero-order valence-corrected chi connectivity index (χ0v) is 12.1. The predicted molar refractivity (Wildman–Crippen MR) is 70.8 cm³/mol. The summed E-state index contributed by atoms with van der Waals surface area (Å²) in [5.41, 5.74) is -0.256. The molecule has 124 valence electrons.